The fraction of sp³-hybridized carbons (Fsp3) is 0.250. The molecule has 3 nitrogen and oxygen atoms in total. The number of anilines is 1. The van der Waals surface area contributed by atoms with Crippen LogP contribution in [0.3, 0.4) is 0 Å². The number of aromatic nitrogens is 1. The Hall–Kier alpha value is -1.87. The number of fused-ring (bicyclic) bond motifs is 1. The summed E-state index contributed by atoms with van der Waals surface area (Å²) in [5.41, 5.74) is 2.65. The second-order valence-electron chi connectivity index (χ2n) is 5.05. The zero-order valence-corrected chi connectivity index (χ0v) is 12.0. The van der Waals surface area contributed by atoms with E-state index in [-0.39, 0.29) is 11.9 Å². The zero-order chi connectivity index (χ0) is 14.1. The lowest BCUT2D eigenvalue weighted by molar-refractivity contribution is 0.0975. The molecular formula is C16H15ClN2O. The van der Waals surface area contributed by atoms with Gasteiger partial charge in [-0.1, -0.05) is 29.8 Å². The largest absolute Gasteiger partial charge is 0.305 e. The van der Waals surface area contributed by atoms with Gasteiger partial charge in [0.05, 0.1) is 10.6 Å². The van der Waals surface area contributed by atoms with Crippen molar-refractivity contribution in [1.82, 2.24) is 4.98 Å². The number of benzene rings is 1. The Labute approximate surface area is 123 Å². The quantitative estimate of drug-likeness (QED) is 0.800. The fourth-order valence-electron chi connectivity index (χ4n) is 2.66. The van der Waals surface area contributed by atoms with Crippen molar-refractivity contribution in [2.24, 2.45) is 0 Å². The van der Waals surface area contributed by atoms with Crippen molar-refractivity contribution in [1.29, 1.82) is 0 Å². The first kappa shape index (κ1) is 13.1. The molecule has 0 saturated heterocycles. The maximum atomic E-state index is 12.8. The highest BCUT2D eigenvalue weighted by Gasteiger charge is 2.29. The summed E-state index contributed by atoms with van der Waals surface area (Å²) >= 11 is 6.13. The van der Waals surface area contributed by atoms with Crippen LogP contribution in [-0.4, -0.2) is 16.9 Å². The highest BCUT2D eigenvalue weighted by atomic mass is 35.5. The topological polar surface area (TPSA) is 33.2 Å². The van der Waals surface area contributed by atoms with Crippen LogP contribution in [0.2, 0.25) is 5.02 Å². The van der Waals surface area contributed by atoms with Gasteiger partial charge in [-0.15, -0.1) is 0 Å². The number of hydrogen-bond acceptors (Lipinski definition) is 2. The monoisotopic (exact) mass is 286 g/mol. The third-order valence-electron chi connectivity index (χ3n) is 3.74. The Bertz CT molecular complexity index is 656. The van der Waals surface area contributed by atoms with Crippen molar-refractivity contribution >= 4 is 23.2 Å². The van der Waals surface area contributed by atoms with Crippen LogP contribution < -0.4 is 4.90 Å². The fourth-order valence-corrected chi connectivity index (χ4v) is 2.85. The molecule has 0 saturated carbocycles. The first-order valence-electron chi connectivity index (χ1n) is 6.69. The lowest BCUT2D eigenvalue weighted by Gasteiger charge is -2.35. The molecule has 0 aliphatic carbocycles. The molecule has 1 aliphatic heterocycles. The van der Waals surface area contributed by atoms with E-state index in [0.717, 1.165) is 18.5 Å². The smallest absolute Gasteiger partial charge is 0.261 e. The third kappa shape index (κ3) is 2.18. The molecule has 0 spiro atoms. The molecule has 1 aromatic carbocycles. The van der Waals surface area contributed by atoms with Crippen LogP contribution in [0.15, 0.2) is 42.7 Å². The molecular weight excluding hydrogens is 272 g/mol. The van der Waals surface area contributed by atoms with Gasteiger partial charge < -0.3 is 4.90 Å². The summed E-state index contributed by atoms with van der Waals surface area (Å²) in [5, 5.41) is 0.445. The minimum Gasteiger partial charge on any atom is -0.305 e. The molecule has 0 N–H and O–H groups in total. The Balaban J connectivity index is 2.05. The van der Waals surface area contributed by atoms with Gasteiger partial charge in [0.2, 0.25) is 0 Å². The summed E-state index contributed by atoms with van der Waals surface area (Å²) in [6, 6.07) is 9.85. The van der Waals surface area contributed by atoms with E-state index in [2.05, 4.69) is 18.0 Å². The Morgan fingerprint density at radius 3 is 2.95 bits per heavy atom. The van der Waals surface area contributed by atoms with Gasteiger partial charge in [-0.05, 0) is 37.5 Å². The Morgan fingerprint density at radius 1 is 1.35 bits per heavy atom. The number of para-hydroxylation sites is 1. The summed E-state index contributed by atoms with van der Waals surface area (Å²) in [5.74, 6) is -0.0808. The van der Waals surface area contributed by atoms with Crippen LogP contribution in [0.1, 0.15) is 29.3 Å². The minimum absolute atomic E-state index is 0.0808. The average Bonchev–Trinajstić information content (AvgIpc) is 2.47. The lowest BCUT2D eigenvalue weighted by Crippen LogP contribution is -2.42. The van der Waals surface area contributed by atoms with Gasteiger partial charge in [0.1, 0.15) is 0 Å². The standard InChI is InChI=1S/C16H15ClN2O/c1-11-6-7-12-4-2-3-5-15(12)19(11)16(20)13-10-18-9-8-14(13)17/h2-5,8-11H,6-7H2,1H3. The van der Waals surface area contributed by atoms with E-state index in [1.54, 1.807) is 12.3 Å². The minimum atomic E-state index is -0.0808. The number of hydrogen-bond donors (Lipinski definition) is 0. The number of amides is 1. The maximum absolute atomic E-state index is 12.8. The Kier molecular flexibility index (Phi) is 3.45. The van der Waals surface area contributed by atoms with Crippen molar-refractivity contribution in [3.8, 4) is 0 Å². The highest BCUT2D eigenvalue weighted by Crippen LogP contribution is 2.32. The van der Waals surface area contributed by atoms with Crippen LogP contribution >= 0.6 is 11.6 Å². The van der Waals surface area contributed by atoms with Crippen molar-refractivity contribution in [2.45, 2.75) is 25.8 Å². The predicted molar refractivity (Wildman–Crippen MR) is 80.3 cm³/mol. The maximum Gasteiger partial charge on any atom is 0.261 e. The number of rotatable bonds is 1. The number of carbonyl (C=O) groups excluding carboxylic acids is 1. The molecule has 3 rings (SSSR count). The molecule has 0 bridgehead atoms. The van der Waals surface area contributed by atoms with Gasteiger partial charge in [-0.2, -0.15) is 0 Å². The molecule has 2 heterocycles. The van der Waals surface area contributed by atoms with Crippen LogP contribution in [0, 0.1) is 0 Å². The van der Waals surface area contributed by atoms with Gasteiger partial charge in [-0.25, -0.2) is 0 Å². The van der Waals surface area contributed by atoms with Crippen LogP contribution in [0.25, 0.3) is 0 Å². The first-order valence-corrected chi connectivity index (χ1v) is 7.07. The van der Waals surface area contributed by atoms with Gasteiger partial charge in [0.15, 0.2) is 0 Å². The van der Waals surface area contributed by atoms with Crippen LogP contribution in [0.5, 0.6) is 0 Å². The van der Waals surface area contributed by atoms with E-state index in [0.29, 0.717) is 10.6 Å². The summed E-state index contributed by atoms with van der Waals surface area (Å²) in [6.07, 6.45) is 5.09. The molecule has 1 aromatic heterocycles. The van der Waals surface area contributed by atoms with Gasteiger partial charge >= 0.3 is 0 Å². The molecule has 2 aromatic rings. The van der Waals surface area contributed by atoms with Gasteiger partial charge in [0.25, 0.3) is 5.91 Å². The lowest BCUT2D eigenvalue weighted by atomic mass is 9.96. The normalized spacial score (nSPS) is 17.7. The van der Waals surface area contributed by atoms with E-state index in [9.17, 15) is 4.79 Å². The molecule has 20 heavy (non-hydrogen) atoms. The summed E-state index contributed by atoms with van der Waals surface area (Å²) in [4.78, 5) is 18.6. The van der Waals surface area contributed by atoms with E-state index in [1.807, 2.05) is 23.1 Å². The number of pyridine rings is 1. The second kappa shape index (κ2) is 5.25. The molecule has 1 unspecified atom stereocenters. The van der Waals surface area contributed by atoms with Crippen molar-refractivity contribution in [3.63, 3.8) is 0 Å². The zero-order valence-electron chi connectivity index (χ0n) is 11.2. The SMILES string of the molecule is CC1CCc2ccccc2N1C(=O)c1cnccc1Cl. The molecule has 1 aliphatic rings. The number of halogens is 1. The molecule has 4 heteroatoms. The highest BCUT2D eigenvalue weighted by molar-refractivity contribution is 6.34. The molecule has 1 atom stereocenters. The van der Waals surface area contributed by atoms with E-state index < -0.39 is 0 Å². The second-order valence-corrected chi connectivity index (χ2v) is 5.45. The van der Waals surface area contributed by atoms with Gasteiger partial charge in [0, 0.05) is 24.1 Å². The molecule has 1 amide bonds. The average molecular weight is 287 g/mol. The number of aryl methyl sites for hydroxylation is 1. The first-order chi connectivity index (χ1) is 9.68. The van der Waals surface area contributed by atoms with E-state index >= 15 is 0 Å². The molecule has 0 radical (unpaired) electrons. The third-order valence-corrected chi connectivity index (χ3v) is 4.07. The molecule has 0 fully saturated rings. The van der Waals surface area contributed by atoms with Crippen LogP contribution in [0.4, 0.5) is 5.69 Å². The van der Waals surface area contributed by atoms with E-state index in [1.165, 1.54) is 11.8 Å². The number of nitrogens with zero attached hydrogens (tertiary/aromatic N) is 2. The van der Waals surface area contributed by atoms with Crippen molar-refractivity contribution < 1.29 is 4.79 Å². The summed E-state index contributed by atoms with van der Waals surface area (Å²) < 4.78 is 0. The van der Waals surface area contributed by atoms with Crippen molar-refractivity contribution in [2.75, 3.05) is 4.90 Å². The van der Waals surface area contributed by atoms with Gasteiger partial charge in [-0.3, -0.25) is 9.78 Å². The van der Waals surface area contributed by atoms with Crippen molar-refractivity contribution in [3.05, 3.63) is 58.9 Å². The van der Waals surface area contributed by atoms with Crippen LogP contribution in [-0.2, 0) is 6.42 Å². The predicted octanol–water partition coefficient (Wildman–Crippen LogP) is 3.72. The molecule has 102 valence electrons. The van der Waals surface area contributed by atoms with E-state index in [4.69, 9.17) is 11.6 Å². The Morgan fingerprint density at radius 2 is 2.15 bits per heavy atom. The summed E-state index contributed by atoms with van der Waals surface area (Å²) in [7, 11) is 0. The summed E-state index contributed by atoms with van der Waals surface area (Å²) in [6.45, 7) is 2.07. The number of carbonyl (C=O) groups is 1.